The quantitative estimate of drug-likeness (QED) is 0.909. The molecule has 0 saturated carbocycles. The number of aliphatic hydroxyl groups is 1. The van der Waals surface area contributed by atoms with E-state index in [-0.39, 0.29) is 18.0 Å². The lowest BCUT2D eigenvalue weighted by Gasteiger charge is -2.14. The molecule has 0 amide bonds. The van der Waals surface area contributed by atoms with Crippen molar-refractivity contribution in [3.63, 3.8) is 0 Å². The first-order chi connectivity index (χ1) is 9.52. The minimum absolute atomic E-state index is 0.0693. The molecule has 0 spiro atoms. The van der Waals surface area contributed by atoms with Gasteiger partial charge in [-0.25, -0.2) is 8.78 Å². The van der Waals surface area contributed by atoms with Crippen LogP contribution in [0.5, 0.6) is 5.75 Å². The predicted molar refractivity (Wildman–Crippen MR) is 75.7 cm³/mol. The molecule has 0 radical (unpaired) electrons. The van der Waals surface area contributed by atoms with E-state index in [9.17, 15) is 13.9 Å². The van der Waals surface area contributed by atoms with Crippen LogP contribution in [0.3, 0.4) is 0 Å². The van der Waals surface area contributed by atoms with Crippen molar-refractivity contribution in [3.8, 4) is 5.75 Å². The third-order valence-corrected chi connectivity index (χ3v) is 3.89. The number of hydrogen-bond acceptors (Lipinski definition) is 2. The van der Waals surface area contributed by atoms with Crippen molar-refractivity contribution in [2.45, 2.75) is 12.5 Å². The van der Waals surface area contributed by atoms with Crippen molar-refractivity contribution in [3.05, 3.63) is 63.6 Å². The van der Waals surface area contributed by atoms with Gasteiger partial charge in [-0.15, -0.1) is 0 Å². The molecule has 1 atom stereocenters. The van der Waals surface area contributed by atoms with Gasteiger partial charge < -0.3 is 9.84 Å². The zero-order chi connectivity index (χ0) is 14.7. The highest BCUT2D eigenvalue weighted by molar-refractivity contribution is 9.10. The monoisotopic (exact) mass is 342 g/mol. The number of methoxy groups -OCH3 is 1. The van der Waals surface area contributed by atoms with Gasteiger partial charge >= 0.3 is 0 Å². The summed E-state index contributed by atoms with van der Waals surface area (Å²) in [7, 11) is 1.36. The highest BCUT2D eigenvalue weighted by atomic mass is 79.9. The molecular formula is C15H13BrF2O2. The highest BCUT2D eigenvalue weighted by Gasteiger charge is 2.14. The van der Waals surface area contributed by atoms with Crippen LogP contribution in [0.4, 0.5) is 8.78 Å². The van der Waals surface area contributed by atoms with Crippen LogP contribution in [-0.4, -0.2) is 12.2 Å². The van der Waals surface area contributed by atoms with Crippen molar-refractivity contribution in [2.75, 3.05) is 7.11 Å². The standard InChI is InChI=1S/C15H13BrF2O2/c1-20-14-8-9(5-6-11(14)17)13(19)7-10-3-2-4-12(18)15(10)16/h2-6,8,13,19H,7H2,1H3. The van der Waals surface area contributed by atoms with Gasteiger partial charge in [0, 0.05) is 6.42 Å². The normalized spacial score (nSPS) is 12.2. The summed E-state index contributed by atoms with van der Waals surface area (Å²) in [5.41, 5.74) is 1.15. The number of benzene rings is 2. The van der Waals surface area contributed by atoms with Crippen LogP contribution in [0.1, 0.15) is 17.2 Å². The van der Waals surface area contributed by atoms with Gasteiger partial charge in [-0.05, 0) is 45.3 Å². The number of ether oxygens (including phenoxy) is 1. The summed E-state index contributed by atoms with van der Waals surface area (Å²) in [5, 5.41) is 10.2. The Bertz CT molecular complexity index is 617. The Kier molecular flexibility index (Phi) is 4.73. The molecule has 5 heteroatoms. The molecule has 20 heavy (non-hydrogen) atoms. The Labute approximate surface area is 124 Å². The summed E-state index contributed by atoms with van der Waals surface area (Å²) in [4.78, 5) is 0. The lowest BCUT2D eigenvalue weighted by atomic mass is 10.0. The zero-order valence-corrected chi connectivity index (χ0v) is 12.3. The minimum Gasteiger partial charge on any atom is -0.494 e. The smallest absolute Gasteiger partial charge is 0.165 e. The molecule has 2 aromatic rings. The topological polar surface area (TPSA) is 29.5 Å². The zero-order valence-electron chi connectivity index (χ0n) is 10.7. The largest absolute Gasteiger partial charge is 0.494 e. The Hall–Kier alpha value is -1.46. The third kappa shape index (κ3) is 3.16. The van der Waals surface area contributed by atoms with Crippen LogP contribution >= 0.6 is 15.9 Å². The molecule has 0 fully saturated rings. The molecule has 0 aliphatic rings. The van der Waals surface area contributed by atoms with Gasteiger partial charge in [0.05, 0.1) is 17.7 Å². The summed E-state index contributed by atoms with van der Waals surface area (Å²) in [6, 6.07) is 8.78. The SMILES string of the molecule is COc1cc(C(O)Cc2cccc(F)c2Br)ccc1F. The van der Waals surface area contributed by atoms with E-state index in [1.165, 1.54) is 31.4 Å². The van der Waals surface area contributed by atoms with Crippen molar-refractivity contribution in [1.29, 1.82) is 0 Å². The van der Waals surface area contributed by atoms with E-state index in [0.717, 1.165) is 0 Å². The van der Waals surface area contributed by atoms with E-state index >= 15 is 0 Å². The van der Waals surface area contributed by atoms with Crippen molar-refractivity contribution in [2.24, 2.45) is 0 Å². The Morgan fingerprint density at radius 1 is 1.20 bits per heavy atom. The minimum atomic E-state index is -0.873. The number of halogens is 3. The van der Waals surface area contributed by atoms with Gasteiger partial charge in [-0.3, -0.25) is 0 Å². The highest BCUT2D eigenvalue weighted by Crippen LogP contribution is 2.28. The fourth-order valence-electron chi connectivity index (χ4n) is 1.92. The van der Waals surface area contributed by atoms with E-state index in [1.54, 1.807) is 12.1 Å². The van der Waals surface area contributed by atoms with Gasteiger partial charge in [0.2, 0.25) is 0 Å². The molecule has 0 saturated heterocycles. The van der Waals surface area contributed by atoms with Gasteiger partial charge in [0.1, 0.15) is 5.82 Å². The molecule has 106 valence electrons. The van der Waals surface area contributed by atoms with Crippen molar-refractivity contribution < 1.29 is 18.6 Å². The molecule has 0 aliphatic carbocycles. The van der Waals surface area contributed by atoms with Gasteiger partial charge in [-0.2, -0.15) is 0 Å². The summed E-state index contributed by atoms with van der Waals surface area (Å²) in [5.74, 6) is -0.804. The first-order valence-corrected chi connectivity index (χ1v) is 6.76. The van der Waals surface area contributed by atoms with E-state index in [0.29, 0.717) is 15.6 Å². The van der Waals surface area contributed by atoms with Crippen LogP contribution < -0.4 is 4.74 Å². The first kappa shape index (κ1) is 14.9. The second-order valence-electron chi connectivity index (χ2n) is 4.33. The second-order valence-corrected chi connectivity index (χ2v) is 5.12. The second kappa shape index (κ2) is 6.33. The fourth-order valence-corrected chi connectivity index (χ4v) is 2.34. The molecule has 2 aromatic carbocycles. The van der Waals surface area contributed by atoms with E-state index in [4.69, 9.17) is 4.74 Å². The summed E-state index contributed by atoms with van der Waals surface area (Å²) in [6.07, 6.45) is -0.657. The average Bonchev–Trinajstić information content (AvgIpc) is 2.44. The van der Waals surface area contributed by atoms with Crippen LogP contribution in [0.15, 0.2) is 40.9 Å². The van der Waals surface area contributed by atoms with Crippen LogP contribution in [0.2, 0.25) is 0 Å². The molecule has 0 bridgehead atoms. The summed E-state index contributed by atoms with van der Waals surface area (Å²) >= 11 is 3.15. The molecule has 1 N–H and O–H groups in total. The Morgan fingerprint density at radius 3 is 2.65 bits per heavy atom. The molecule has 2 nitrogen and oxygen atoms in total. The van der Waals surface area contributed by atoms with E-state index in [1.807, 2.05) is 0 Å². The van der Waals surface area contributed by atoms with E-state index in [2.05, 4.69) is 15.9 Å². The average molecular weight is 343 g/mol. The summed E-state index contributed by atoms with van der Waals surface area (Å²) in [6.45, 7) is 0. The first-order valence-electron chi connectivity index (χ1n) is 5.97. The third-order valence-electron chi connectivity index (χ3n) is 3.00. The van der Waals surface area contributed by atoms with Crippen LogP contribution in [0.25, 0.3) is 0 Å². The number of rotatable bonds is 4. The molecule has 0 aromatic heterocycles. The van der Waals surface area contributed by atoms with Crippen molar-refractivity contribution >= 4 is 15.9 Å². The summed E-state index contributed by atoms with van der Waals surface area (Å²) < 4.78 is 31.9. The lowest BCUT2D eigenvalue weighted by molar-refractivity contribution is 0.177. The van der Waals surface area contributed by atoms with Crippen LogP contribution in [-0.2, 0) is 6.42 Å². The maximum absolute atomic E-state index is 13.4. The van der Waals surface area contributed by atoms with Gasteiger partial charge in [0.25, 0.3) is 0 Å². The maximum Gasteiger partial charge on any atom is 0.165 e. The lowest BCUT2D eigenvalue weighted by Crippen LogP contribution is -2.04. The predicted octanol–water partition coefficient (Wildman–Crippen LogP) is 4.01. The molecule has 1 unspecified atom stereocenters. The molecule has 0 aliphatic heterocycles. The van der Waals surface area contributed by atoms with E-state index < -0.39 is 11.9 Å². The Morgan fingerprint density at radius 2 is 1.95 bits per heavy atom. The maximum atomic E-state index is 13.4. The van der Waals surface area contributed by atoms with Gasteiger partial charge in [0.15, 0.2) is 11.6 Å². The number of aliphatic hydroxyl groups excluding tert-OH is 1. The molecule has 0 heterocycles. The fraction of sp³-hybridized carbons (Fsp3) is 0.200. The van der Waals surface area contributed by atoms with Crippen molar-refractivity contribution in [1.82, 2.24) is 0 Å². The number of hydrogen-bond donors (Lipinski definition) is 1. The van der Waals surface area contributed by atoms with Crippen LogP contribution in [0, 0.1) is 11.6 Å². The molecular weight excluding hydrogens is 330 g/mol. The molecule has 2 rings (SSSR count). The van der Waals surface area contributed by atoms with Gasteiger partial charge in [-0.1, -0.05) is 18.2 Å². The Balaban J connectivity index is 2.24.